The van der Waals surface area contributed by atoms with Crippen LogP contribution in [0.1, 0.15) is 37.5 Å². The molecule has 1 aromatic carbocycles. The van der Waals surface area contributed by atoms with Crippen LogP contribution in [0.5, 0.6) is 5.75 Å². The molecule has 0 spiro atoms. The van der Waals surface area contributed by atoms with Crippen molar-refractivity contribution in [2.45, 2.75) is 39.7 Å². The molecule has 0 aliphatic rings. The van der Waals surface area contributed by atoms with Gasteiger partial charge in [-0.25, -0.2) is 0 Å². The molecule has 0 bridgehead atoms. The summed E-state index contributed by atoms with van der Waals surface area (Å²) in [6.45, 7) is 8.61. The van der Waals surface area contributed by atoms with E-state index in [2.05, 4.69) is 27.7 Å². The standard InChI is InChI=1S/C13H20O2/c1-9-6-10(8-14)12(15-5)7-11(9)13(2,3)4/h6-7,14H,8H2,1-5H3. The minimum absolute atomic E-state index is 0.0223. The van der Waals surface area contributed by atoms with Crippen LogP contribution in [0, 0.1) is 6.92 Å². The number of aliphatic hydroxyl groups is 1. The van der Waals surface area contributed by atoms with E-state index in [1.165, 1.54) is 11.1 Å². The molecule has 2 heteroatoms. The van der Waals surface area contributed by atoms with E-state index in [1.807, 2.05) is 12.1 Å². The van der Waals surface area contributed by atoms with Gasteiger partial charge >= 0.3 is 0 Å². The quantitative estimate of drug-likeness (QED) is 0.809. The summed E-state index contributed by atoms with van der Waals surface area (Å²) in [5, 5.41) is 9.19. The van der Waals surface area contributed by atoms with Gasteiger partial charge in [0.15, 0.2) is 0 Å². The minimum atomic E-state index is 0.0223. The van der Waals surface area contributed by atoms with Crippen LogP contribution in [-0.4, -0.2) is 12.2 Å². The fraction of sp³-hybridized carbons (Fsp3) is 0.538. The lowest BCUT2D eigenvalue weighted by molar-refractivity contribution is 0.273. The highest BCUT2D eigenvalue weighted by Crippen LogP contribution is 2.31. The summed E-state index contributed by atoms with van der Waals surface area (Å²) >= 11 is 0. The van der Waals surface area contributed by atoms with E-state index >= 15 is 0 Å². The lowest BCUT2D eigenvalue weighted by Gasteiger charge is -2.23. The first-order valence-electron chi connectivity index (χ1n) is 5.19. The number of hydrogen-bond donors (Lipinski definition) is 1. The van der Waals surface area contributed by atoms with E-state index in [-0.39, 0.29) is 12.0 Å². The summed E-state index contributed by atoms with van der Waals surface area (Å²) in [7, 11) is 1.64. The summed E-state index contributed by atoms with van der Waals surface area (Å²) in [5.41, 5.74) is 3.41. The van der Waals surface area contributed by atoms with Crippen molar-refractivity contribution < 1.29 is 9.84 Å². The number of rotatable bonds is 2. The van der Waals surface area contributed by atoms with Gasteiger partial charge in [0.05, 0.1) is 13.7 Å². The first-order chi connectivity index (χ1) is 6.90. The van der Waals surface area contributed by atoms with Crippen molar-refractivity contribution in [3.8, 4) is 5.75 Å². The van der Waals surface area contributed by atoms with Gasteiger partial charge in [-0.1, -0.05) is 20.8 Å². The third-order valence-electron chi connectivity index (χ3n) is 2.61. The normalized spacial score (nSPS) is 11.6. The van der Waals surface area contributed by atoms with Crippen molar-refractivity contribution in [2.24, 2.45) is 0 Å². The van der Waals surface area contributed by atoms with E-state index < -0.39 is 0 Å². The van der Waals surface area contributed by atoms with E-state index in [1.54, 1.807) is 7.11 Å². The zero-order valence-corrected chi connectivity index (χ0v) is 10.2. The molecule has 0 fully saturated rings. The molecule has 84 valence electrons. The van der Waals surface area contributed by atoms with E-state index in [0.717, 1.165) is 11.3 Å². The van der Waals surface area contributed by atoms with Gasteiger partial charge in [0.25, 0.3) is 0 Å². The van der Waals surface area contributed by atoms with Gasteiger partial charge in [0, 0.05) is 5.56 Å². The predicted octanol–water partition coefficient (Wildman–Crippen LogP) is 2.79. The number of methoxy groups -OCH3 is 1. The van der Waals surface area contributed by atoms with Gasteiger partial charge < -0.3 is 9.84 Å². The number of aliphatic hydroxyl groups excluding tert-OH is 1. The van der Waals surface area contributed by atoms with Crippen molar-refractivity contribution in [3.63, 3.8) is 0 Å². The maximum Gasteiger partial charge on any atom is 0.124 e. The van der Waals surface area contributed by atoms with Crippen molar-refractivity contribution in [2.75, 3.05) is 7.11 Å². The molecule has 0 aliphatic heterocycles. The number of hydrogen-bond acceptors (Lipinski definition) is 2. The highest BCUT2D eigenvalue weighted by Gasteiger charge is 2.18. The first-order valence-corrected chi connectivity index (χ1v) is 5.19. The van der Waals surface area contributed by atoms with Crippen molar-refractivity contribution in [3.05, 3.63) is 28.8 Å². The Kier molecular flexibility index (Phi) is 3.40. The molecule has 0 saturated carbocycles. The lowest BCUT2D eigenvalue weighted by Crippen LogP contribution is -2.13. The molecule has 0 amide bonds. The molecule has 0 radical (unpaired) electrons. The maximum atomic E-state index is 9.19. The monoisotopic (exact) mass is 208 g/mol. The highest BCUT2D eigenvalue weighted by atomic mass is 16.5. The Labute approximate surface area is 91.9 Å². The third-order valence-corrected chi connectivity index (χ3v) is 2.61. The van der Waals surface area contributed by atoms with Crippen LogP contribution in [-0.2, 0) is 12.0 Å². The van der Waals surface area contributed by atoms with E-state index in [9.17, 15) is 5.11 Å². The first kappa shape index (κ1) is 12.1. The Morgan fingerprint density at radius 1 is 1.27 bits per heavy atom. The molecule has 1 aromatic rings. The Morgan fingerprint density at radius 3 is 2.27 bits per heavy atom. The maximum absolute atomic E-state index is 9.19. The number of ether oxygens (including phenoxy) is 1. The molecule has 0 aromatic heterocycles. The second-order valence-electron chi connectivity index (χ2n) is 4.89. The van der Waals surface area contributed by atoms with Crippen molar-refractivity contribution >= 4 is 0 Å². The van der Waals surface area contributed by atoms with Crippen LogP contribution in [0.4, 0.5) is 0 Å². The smallest absolute Gasteiger partial charge is 0.124 e. The molecular formula is C13H20O2. The second kappa shape index (κ2) is 4.23. The Bertz CT molecular complexity index is 348. The largest absolute Gasteiger partial charge is 0.496 e. The Morgan fingerprint density at radius 2 is 1.87 bits per heavy atom. The average Bonchev–Trinajstić information content (AvgIpc) is 2.15. The summed E-state index contributed by atoms with van der Waals surface area (Å²) in [5.74, 6) is 0.771. The fourth-order valence-corrected chi connectivity index (χ4v) is 1.87. The Hall–Kier alpha value is -1.02. The number of benzene rings is 1. The molecule has 15 heavy (non-hydrogen) atoms. The topological polar surface area (TPSA) is 29.5 Å². The fourth-order valence-electron chi connectivity index (χ4n) is 1.87. The molecule has 0 unspecified atom stereocenters. The summed E-state index contributed by atoms with van der Waals surface area (Å²) < 4.78 is 5.27. The van der Waals surface area contributed by atoms with Gasteiger partial charge in [-0.3, -0.25) is 0 Å². The minimum Gasteiger partial charge on any atom is -0.496 e. The zero-order chi connectivity index (χ0) is 11.6. The van der Waals surface area contributed by atoms with Crippen molar-refractivity contribution in [1.29, 1.82) is 0 Å². The molecule has 1 rings (SSSR count). The van der Waals surface area contributed by atoms with Crippen LogP contribution in [0.15, 0.2) is 12.1 Å². The molecular weight excluding hydrogens is 188 g/mol. The van der Waals surface area contributed by atoms with Gasteiger partial charge in [0.2, 0.25) is 0 Å². The SMILES string of the molecule is COc1cc(C(C)(C)C)c(C)cc1CO. The molecule has 0 aliphatic carbocycles. The Balaban J connectivity index is 3.32. The second-order valence-corrected chi connectivity index (χ2v) is 4.89. The van der Waals surface area contributed by atoms with Crippen LogP contribution in [0.2, 0.25) is 0 Å². The van der Waals surface area contributed by atoms with Crippen LogP contribution >= 0.6 is 0 Å². The predicted molar refractivity (Wildman–Crippen MR) is 62.4 cm³/mol. The summed E-state index contributed by atoms with van der Waals surface area (Å²) in [4.78, 5) is 0. The zero-order valence-electron chi connectivity index (χ0n) is 10.2. The molecule has 0 saturated heterocycles. The van der Waals surface area contributed by atoms with Crippen LogP contribution in [0.3, 0.4) is 0 Å². The number of aryl methyl sites for hydroxylation is 1. The highest BCUT2D eigenvalue weighted by molar-refractivity contribution is 5.44. The molecule has 2 nitrogen and oxygen atoms in total. The van der Waals surface area contributed by atoms with Crippen LogP contribution in [0.25, 0.3) is 0 Å². The van der Waals surface area contributed by atoms with E-state index in [4.69, 9.17) is 4.74 Å². The third kappa shape index (κ3) is 2.51. The summed E-state index contributed by atoms with van der Waals surface area (Å²) in [6, 6.07) is 4.03. The molecule has 0 atom stereocenters. The van der Waals surface area contributed by atoms with Crippen LogP contribution < -0.4 is 4.74 Å². The van der Waals surface area contributed by atoms with Gasteiger partial charge in [-0.2, -0.15) is 0 Å². The molecule has 1 N–H and O–H groups in total. The summed E-state index contributed by atoms with van der Waals surface area (Å²) in [6.07, 6.45) is 0. The lowest BCUT2D eigenvalue weighted by atomic mass is 9.83. The van der Waals surface area contributed by atoms with Crippen molar-refractivity contribution in [1.82, 2.24) is 0 Å². The van der Waals surface area contributed by atoms with Gasteiger partial charge in [-0.05, 0) is 35.6 Å². The molecule has 0 heterocycles. The van der Waals surface area contributed by atoms with E-state index in [0.29, 0.717) is 0 Å². The van der Waals surface area contributed by atoms with Gasteiger partial charge in [-0.15, -0.1) is 0 Å². The average molecular weight is 208 g/mol. The van der Waals surface area contributed by atoms with Gasteiger partial charge in [0.1, 0.15) is 5.75 Å².